The Bertz CT molecular complexity index is 1090. The number of rotatable bonds is 8. The predicted molar refractivity (Wildman–Crippen MR) is 120 cm³/mol. The predicted octanol–water partition coefficient (Wildman–Crippen LogP) is 4.50. The quantitative estimate of drug-likeness (QED) is 0.304. The molecule has 2 aromatic carbocycles. The van der Waals surface area contributed by atoms with E-state index in [2.05, 4.69) is 6.92 Å². The van der Waals surface area contributed by atoms with Gasteiger partial charge >= 0.3 is 0 Å². The second-order valence-corrected chi connectivity index (χ2v) is 8.56. The molecule has 0 unspecified atom stereocenters. The van der Waals surface area contributed by atoms with E-state index in [1.165, 1.54) is 17.3 Å². The molecular weight excluding hydrogens is 396 g/mol. The Labute approximate surface area is 180 Å². The number of hydrogen-bond acceptors (Lipinski definition) is 5. The molecule has 30 heavy (non-hydrogen) atoms. The van der Waals surface area contributed by atoms with Gasteiger partial charge in [-0.3, -0.25) is 14.2 Å². The van der Waals surface area contributed by atoms with E-state index in [1.807, 2.05) is 42.5 Å². The molecule has 1 atom stereocenters. The number of para-hydroxylation sites is 1. The summed E-state index contributed by atoms with van der Waals surface area (Å²) in [6.07, 6.45) is 4.06. The number of fused-ring (bicyclic) bond motifs is 1. The second kappa shape index (κ2) is 9.58. The van der Waals surface area contributed by atoms with Crippen molar-refractivity contribution in [3.8, 4) is 0 Å². The summed E-state index contributed by atoms with van der Waals surface area (Å²) < 4.78 is 7.42. The van der Waals surface area contributed by atoms with E-state index >= 15 is 0 Å². The first kappa shape index (κ1) is 20.8. The lowest BCUT2D eigenvalue weighted by Gasteiger charge is -2.16. The molecule has 156 valence electrons. The first-order valence-electron chi connectivity index (χ1n) is 10.5. The Morgan fingerprint density at radius 3 is 2.73 bits per heavy atom. The molecule has 4 rings (SSSR count). The van der Waals surface area contributed by atoms with Crippen LogP contribution in [-0.4, -0.2) is 33.8 Å². The standard InChI is InChI=1S/C24H26N2O3S/c1-2-6-17-10-12-18(13-11-17)22(27)16-30-24-25-21-9-4-3-8-20(21)23(28)26(24)15-19-7-5-14-29-19/h3-4,8-13,19H,2,5-7,14-16H2,1H3/t19-/m1/s1. The van der Waals surface area contributed by atoms with Crippen LogP contribution in [0.4, 0.5) is 0 Å². The zero-order valence-corrected chi connectivity index (χ0v) is 18.0. The number of thioether (sulfide) groups is 1. The monoisotopic (exact) mass is 422 g/mol. The van der Waals surface area contributed by atoms with Crippen LogP contribution in [0, 0.1) is 0 Å². The van der Waals surface area contributed by atoms with Gasteiger partial charge in [0.15, 0.2) is 10.9 Å². The number of benzene rings is 2. The van der Waals surface area contributed by atoms with Crippen molar-refractivity contribution in [2.24, 2.45) is 0 Å². The van der Waals surface area contributed by atoms with Gasteiger partial charge in [0, 0.05) is 12.2 Å². The van der Waals surface area contributed by atoms with Crippen LogP contribution >= 0.6 is 11.8 Å². The smallest absolute Gasteiger partial charge is 0.262 e. The number of aryl methyl sites for hydroxylation is 1. The van der Waals surface area contributed by atoms with Crippen molar-refractivity contribution < 1.29 is 9.53 Å². The van der Waals surface area contributed by atoms with Crippen molar-refractivity contribution in [2.75, 3.05) is 12.4 Å². The van der Waals surface area contributed by atoms with E-state index in [4.69, 9.17) is 9.72 Å². The van der Waals surface area contributed by atoms with Gasteiger partial charge in [-0.1, -0.05) is 61.5 Å². The van der Waals surface area contributed by atoms with Gasteiger partial charge in [0.25, 0.3) is 5.56 Å². The molecule has 3 aromatic rings. The zero-order valence-electron chi connectivity index (χ0n) is 17.2. The molecule has 1 aromatic heterocycles. The molecule has 5 nitrogen and oxygen atoms in total. The molecule has 1 fully saturated rings. The van der Waals surface area contributed by atoms with Gasteiger partial charge in [-0.2, -0.15) is 0 Å². The lowest BCUT2D eigenvalue weighted by molar-refractivity contribution is 0.0937. The van der Waals surface area contributed by atoms with Crippen LogP contribution in [0.25, 0.3) is 10.9 Å². The Morgan fingerprint density at radius 1 is 1.20 bits per heavy atom. The first-order chi connectivity index (χ1) is 14.7. The van der Waals surface area contributed by atoms with E-state index in [0.717, 1.165) is 32.3 Å². The lowest BCUT2D eigenvalue weighted by atomic mass is 10.1. The summed E-state index contributed by atoms with van der Waals surface area (Å²) in [5.41, 5.74) is 2.51. The number of Topliss-reactive ketones (excluding diaryl/α,β-unsaturated/α-hetero) is 1. The molecule has 0 aliphatic carbocycles. The van der Waals surface area contributed by atoms with Crippen molar-refractivity contribution in [1.82, 2.24) is 9.55 Å². The number of hydrogen-bond donors (Lipinski definition) is 0. The maximum Gasteiger partial charge on any atom is 0.262 e. The van der Waals surface area contributed by atoms with Crippen LogP contribution in [0.15, 0.2) is 58.5 Å². The minimum absolute atomic E-state index is 0.0202. The van der Waals surface area contributed by atoms with Gasteiger partial charge in [0.1, 0.15) is 0 Å². The maximum absolute atomic E-state index is 13.1. The summed E-state index contributed by atoms with van der Waals surface area (Å²) in [6, 6.07) is 15.2. The van der Waals surface area contributed by atoms with E-state index in [9.17, 15) is 9.59 Å². The van der Waals surface area contributed by atoms with Gasteiger partial charge in [-0.15, -0.1) is 0 Å². The minimum atomic E-state index is -0.0741. The van der Waals surface area contributed by atoms with E-state index < -0.39 is 0 Å². The average Bonchev–Trinajstić information content (AvgIpc) is 3.28. The van der Waals surface area contributed by atoms with Crippen molar-refractivity contribution in [1.29, 1.82) is 0 Å². The number of ether oxygens (including phenoxy) is 1. The zero-order chi connectivity index (χ0) is 20.9. The topological polar surface area (TPSA) is 61.2 Å². The van der Waals surface area contributed by atoms with Crippen LogP contribution in [0.1, 0.15) is 42.1 Å². The molecule has 6 heteroatoms. The summed E-state index contributed by atoms with van der Waals surface area (Å²) in [5, 5.41) is 1.17. The molecule has 0 amide bonds. The van der Waals surface area contributed by atoms with Crippen LogP contribution in [-0.2, 0) is 17.7 Å². The highest BCUT2D eigenvalue weighted by molar-refractivity contribution is 7.99. The number of carbonyl (C=O) groups excluding carboxylic acids is 1. The Balaban J connectivity index is 1.57. The molecule has 0 saturated carbocycles. The summed E-state index contributed by atoms with van der Waals surface area (Å²) in [6.45, 7) is 3.34. The molecule has 1 aliphatic rings. The first-order valence-corrected chi connectivity index (χ1v) is 11.5. The van der Waals surface area contributed by atoms with Crippen LogP contribution in [0.5, 0.6) is 0 Å². The highest BCUT2D eigenvalue weighted by Gasteiger charge is 2.20. The van der Waals surface area contributed by atoms with Gasteiger partial charge in [0.2, 0.25) is 0 Å². The van der Waals surface area contributed by atoms with E-state index in [0.29, 0.717) is 28.2 Å². The largest absolute Gasteiger partial charge is 0.376 e. The van der Waals surface area contributed by atoms with Crippen molar-refractivity contribution in [2.45, 2.75) is 50.4 Å². The normalized spacial score (nSPS) is 16.2. The summed E-state index contributed by atoms with van der Waals surface area (Å²) in [4.78, 5) is 30.6. The Kier molecular flexibility index (Phi) is 6.65. The van der Waals surface area contributed by atoms with Crippen molar-refractivity contribution >= 4 is 28.4 Å². The fourth-order valence-electron chi connectivity index (χ4n) is 3.77. The molecule has 2 heterocycles. The SMILES string of the molecule is CCCc1ccc(C(=O)CSc2nc3ccccc3c(=O)n2C[C@H]2CCCO2)cc1. The second-order valence-electron chi connectivity index (χ2n) is 7.62. The minimum Gasteiger partial charge on any atom is -0.376 e. The van der Waals surface area contributed by atoms with Crippen LogP contribution < -0.4 is 5.56 Å². The van der Waals surface area contributed by atoms with Crippen molar-refractivity contribution in [3.63, 3.8) is 0 Å². The summed E-state index contributed by atoms with van der Waals surface area (Å²) >= 11 is 1.32. The summed E-state index contributed by atoms with van der Waals surface area (Å²) in [7, 11) is 0. The van der Waals surface area contributed by atoms with Crippen molar-refractivity contribution in [3.05, 3.63) is 70.0 Å². The third-order valence-corrected chi connectivity index (χ3v) is 6.36. The van der Waals surface area contributed by atoms with Gasteiger partial charge < -0.3 is 4.74 Å². The summed E-state index contributed by atoms with van der Waals surface area (Å²) in [5.74, 6) is 0.276. The number of carbonyl (C=O) groups is 1. The highest BCUT2D eigenvalue weighted by atomic mass is 32.2. The molecule has 1 saturated heterocycles. The highest BCUT2D eigenvalue weighted by Crippen LogP contribution is 2.22. The molecular formula is C24H26N2O3S. The van der Waals surface area contributed by atoms with Gasteiger partial charge in [0.05, 0.1) is 29.3 Å². The molecule has 1 aliphatic heterocycles. The number of ketones is 1. The lowest BCUT2D eigenvalue weighted by Crippen LogP contribution is -2.29. The molecule has 0 radical (unpaired) electrons. The number of nitrogens with zero attached hydrogens (tertiary/aromatic N) is 2. The average molecular weight is 423 g/mol. The fourth-order valence-corrected chi connectivity index (χ4v) is 4.67. The van der Waals surface area contributed by atoms with E-state index in [-0.39, 0.29) is 23.2 Å². The van der Waals surface area contributed by atoms with Gasteiger partial charge in [-0.25, -0.2) is 4.98 Å². The fraction of sp³-hybridized carbons (Fsp3) is 0.375. The maximum atomic E-state index is 13.1. The molecule has 0 spiro atoms. The number of aromatic nitrogens is 2. The van der Waals surface area contributed by atoms with Crippen LogP contribution in [0.2, 0.25) is 0 Å². The Hall–Kier alpha value is -2.44. The Morgan fingerprint density at radius 2 is 2.00 bits per heavy atom. The third-order valence-electron chi connectivity index (χ3n) is 5.38. The third kappa shape index (κ3) is 4.65. The van der Waals surface area contributed by atoms with Gasteiger partial charge in [-0.05, 0) is 37.0 Å². The molecule has 0 bridgehead atoms. The van der Waals surface area contributed by atoms with E-state index in [1.54, 1.807) is 10.6 Å². The molecule has 0 N–H and O–H groups in total. The van der Waals surface area contributed by atoms with Crippen LogP contribution in [0.3, 0.4) is 0 Å².